The van der Waals surface area contributed by atoms with Crippen molar-refractivity contribution in [2.24, 2.45) is 0 Å². The van der Waals surface area contributed by atoms with Crippen LogP contribution < -0.4 is 14.8 Å². The number of carbonyl (C=O) groups excluding carboxylic acids is 1. The molecule has 0 heterocycles. The first-order valence-corrected chi connectivity index (χ1v) is 11.1. The van der Waals surface area contributed by atoms with Crippen LogP contribution in [0.1, 0.15) is 5.56 Å². The first kappa shape index (κ1) is 21.8. The number of hydrogen-bond acceptors (Lipinski definition) is 4. The van der Waals surface area contributed by atoms with E-state index in [1.807, 2.05) is 13.0 Å². The quantitative estimate of drug-likeness (QED) is 0.499. The Labute approximate surface area is 182 Å². The van der Waals surface area contributed by atoms with Crippen molar-refractivity contribution in [3.63, 3.8) is 0 Å². The van der Waals surface area contributed by atoms with E-state index in [4.69, 9.17) is 4.74 Å². The number of aryl methyl sites for hydroxylation is 1. The molecule has 6 nitrogen and oxygen atoms in total. The van der Waals surface area contributed by atoms with Gasteiger partial charge >= 0.3 is 0 Å². The second-order valence-electron chi connectivity index (χ2n) is 6.41. The van der Waals surface area contributed by atoms with Gasteiger partial charge in [-0.1, -0.05) is 28.1 Å². The van der Waals surface area contributed by atoms with E-state index in [0.29, 0.717) is 15.9 Å². The van der Waals surface area contributed by atoms with Crippen molar-refractivity contribution in [3.8, 4) is 5.75 Å². The summed E-state index contributed by atoms with van der Waals surface area (Å²) in [5, 5.41) is 2.41. The largest absolute Gasteiger partial charge is 0.484 e. The fraction of sp³-hybridized carbons (Fsp3) is 0.0952. The van der Waals surface area contributed by atoms with Gasteiger partial charge in [0.1, 0.15) is 11.6 Å². The van der Waals surface area contributed by atoms with Crippen LogP contribution in [-0.4, -0.2) is 20.9 Å². The number of amides is 1. The van der Waals surface area contributed by atoms with Gasteiger partial charge in [0.25, 0.3) is 15.9 Å². The SMILES string of the molecule is Cc1cccc(NS(=O)(=O)c2ccc(OCC(=O)Nc3ccc(Br)cc3F)cc2)c1. The first-order chi connectivity index (χ1) is 14.2. The number of nitrogens with one attached hydrogen (secondary N) is 2. The lowest BCUT2D eigenvalue weighted by Crippen LogP contribution is -2.20. The Balaban J connectivity index is 1.59. The van der Waals surface area contributed by atoms with Crippen molar-refractivity contribution in [3.05, 3.63) is 82.6 Å². The predicted molar refractivity (Wildman–Crippen MR) is 117 cm³/mol. The Hall–Kier alpha value is -2.91. The monoisotopic (exact) mass is 492 g/mol. The summed E-state index contributed by atoms with van der Waals surface area (Å²) < 4.78 is 47.2. The summed E-state index contributed by atoms with van der Waals surface area (Å²) in [5.41, 5.74) is 1.43. The molecule has 0 saturated carbocycles. The highest BCUT2D eigenvalue weighted by Gasteiger charge is 2.15. The van der Waals surface area contributed by atoms with Gasteiger partial charge in [0.2, 0.25) is 0 Å². The molecule has 156 valence electrons. The average molecular weight is 493 g/mol. The Kier molecular flexibility index (Phi) is 6.73. The molecule has 0 saturated heterocycles. The topological polar surface area (TPSA) is 84.5 Å². The summed E-state index contributed by atoms with van der Waals surface area (Å²) in [6.45, 7) is 1.51. The Morgan fingerprint density at radius 3 is 2.47 bits per heavy atom. The van der Waals surface area contributed by atoms with Crippen LogP contribution in [0.25, 0.3) is 0 Å². The van der Waals surface area contributed by atoms with Crippen LogP contribution in [-0.2, 0) is 14.8 Å². The molecule has 30 heavy (non-hydrogen) atoms. The molecule has 0 aliphatic rings. The van der Waals surface area contributed by atoms with E-state index in [1.165, 1.54) is 36.4 Å². The minimum atomic E-state index is -3.76. The summed E-state index contributed by atoms with van der Waals surface area (Å²) in [6, 6.07) is 16.9. The summed E-state index contributed by atoms with van der Waals surface area (Å²) in [5.74, 6) is -0.821. The standard InChI is InChI=1S/C21H18BrFN2O4S/c1-14-3-2-4-16(11-14)25-30(27,28)18-8-6-17(7-9-18)29-13-21(26)24-20-10-5-15(22)12-19(20)23/h2-12,25H,13H2,1H3,(H,24,26). The molecule has 0 spiro atoms. The maximum absolute atomic E-state index is 13.8. The molecule has 3 rings (SSSR count). The highest BCUT2D eigenvalue weighted by atomic mass is 79.9. The van der Waals surface area contributed by atoms with E-state index in [9.17, 15) is 17.6 Å². The van der Waals surface area contributed by atoms with Crippen LogP contribution in [0, 0.1) is 12.7 Å². The van der Waals surface area contributed by atoms with Gasteiger partial charge in [-0.05, 0) is 67.1 Å². The highest BCUT2D eigenvalue weighted by Crippen LogP contribution is 2.21. The molecule has 3 aromatic carbocycles. The fourth-order valence-electron chi connectivity index (χ4n) is 2.56. The van der Waals surface area contributed by atoms with Gasteiger partial charge in [0, 0.05) is 10.2 Å². The van der Waals surface area contributed by atoms with Crippen molar-refractivity contribution in [2.45, 2.75) is 11.8 Å². The van der Waals surface area contributed by atoms with Crippen LogP contribution in [0.3, 0.4) is 0 Å². The normalized spacial score (nSPS) is 11.0. The van der Waals surface area contributed by atoms with Gasteiger partial charge in [-0.25, -0.2) is 12.8 Å². The average Bonchev–Trinajstić information content (AvgIpc) is 2.68. The van der Waals surface area contributed by atoms with Gasteiger partial charge in [-0.3, -0.25) is 9.52 Å². The first-order valence-electron chi connectivity index (χ1n) is 8.80. The molecular formula is C21H18BrFN2O4S. The molecule has 0 bridgehead atoms. The lowest BCUT2D eigenvalue weighted by molar-refractivity contribution is -0.118. The minimum Gasteiger partial charge on any atom is -0.484 e. The molecular weight excluding hydrogens is 475 g/mol. The zero-order valence-corrected chi connectivity index (χ0v) is 18.3. The van der Waals surface area contributed by atoms with Crippen LogP contribution in [0.2, 0.25) is 0 Å². The summed E-state index contributed by atoms with van der Waals surface area (Å²) in [4.78, 5) is 12.0. The van der Waals surface area contributed by atoms with Crippen LogP contribution in [0.15, 0.2) is 76.1 Å². The molecule has 0 unspecified atom stereocenters. The lowest BCUT2D eigenvalue weighted by Gasteiger charge is -2.11. The van der Waals surface area contributed by atoms with Crippen molar-refractivity contribution < 1.29 is 22.3 Å². The van der Waals surface area contributed by atoms with Gasteiger partial charge in [-0.2, -0.15) is 0 Å². The van der Waals surface area contributed by atoms with Crippen molar-refractivity contribution in [1.29, 1.82) is 0 Å². The number of rotatable bonds is 7. The van der Waals surface area contributed by atoms with Gasteiger partial charge in [0.05, 0.1) is 10.6 Å². The molecule has 0 aromatic heterocycles. The second kappa shape index (κ2) is 9.27. The summed E-state index contributed by atoms with van der Waals surface area (Å²) in [7, 11) is -3.76. The Morgan fingerprint density at radius 2 is 1.80 bits per heavy atom. The van der Waals surface area contributed by atoms with Gasteiger partial charge in [-0.15, -0.1) is 0 Å². The predicted octanol–water partition coefficient (Wildman–Crippen LogP) is 4.71. The Bertz CT molecular complexity index is 1170. The van der Waals surface area contributed by atoms with E-state index in [0.717, 1.165) is 5.56 Å². The summed E-state index contributed by atoms with van der Waals surface area (Å²) >= 11 is 3.14. The van der Waals surface area contributed by atoms with E-state index < -0.39 is 21.7 Å². The smallest absolute Gasteiger partial charge is 0.262 e. The molecule has 0 radical (unpaired) electrons. The molecule has 9 heteroatoms. The number of sulfonamides is 1. The summed E-state index contributed by atoms with van der Waals surface area (Å²) in [6.07, 6.45) is 0. The molecule has 0 aliphatic carbocycles. The number of carbonyl (C=O) groups is 1. The third-order valence-corrected chi connectivity index (χ3v) is 5.87. The second-order valence-corrected chi connectivity index (χ2v) is 9.01. The maximum atomic E-state index is 13.8. The number of hydrogen-bond donors (Lipinski definition) is 2. The van der Waals surface area contributed by atoms with Crippen molar-refractivity contribution in [1.82, 2.24) is 0 Å². The van der Waals surface area contributed by atoms with Crippen LogP contribution in [0.4, 0.5) is 15.8 Å². The zero-order valence-electron chi connectivity index (χ0n) is 15.9. The number of benzene rings is 3. The fourth-order valence-corrected chi connectivity index (χ4v) is 3.95. The molecule has 1 amide bonds. The van der Waals surface area contributed by atoms with Crippen LogP contribution in [0.5, 0.6) is 5.75 Å². The molecule has 3 aromatic rings. The number of halogens is 2. The van der Waals surface area contributed by atoms with Crippen LogP contribution >= 0.6 is 15.9 Å². The van der Waals surface area contributed by atoms with E-state index in [1.54, 1.807) is 24.3 Å². The Morgan fingerprint density at radius 1 is 1.07 bits per heavy atom. The molecule has 0 atom stereocenters. The van der Waals surface area contributed by atoms with E-state index in [-0.39, 0.29) is 17.2 Å². The van der Waals surface area contributed by atoms with E-state index >= 15 is 0 Å². The third kappa shape index (κ3) is 5.80. The number of anilines is 2. The third-order valence-electron chi connectivity index (χ3n) is 3.98. The van der Waals surface area contributed by atoms with Crippen molar-refractivity contribution in [2.75, 3.05) is 16.6 Å². The molecule has 2 N–H and O–H groups in total. The van der Waals surface area contributed by atoms with Gasteiger partial charge in [0.15, 0.2) is 6.61 Å². The minimum absolute atomic E-state index is 0.0375. The lowest BCUT2D eigenvalue weighted by atomic mass is 10.2. The van der Waals surface area contributed by atoms with Crippen molar-refractivity contribution >= 4 is 43.2 Å². The van der Waals surface area contributed by atoms with E-state index in [2.05, 4.69) is 26.0 Å². The zero-order chi connectivity index (χ0) is 21.7. The molecule has 0 aliphatic heterocycles. The van der Waals surface area contributed by atoms with Gasteiger partial charge < -0.3 is 10.1 Å². The highest BCUT2D eigenvalue weighted by molar-refractivity contribution is 9.10. The number of ether oxygens (including phenoxy) is 1. The maximum Gasteiger partial charge on any atom is 0.262 e. The molecule has 0 fully saturated rings.